The lowest BCUT2D eigenvalue weighted by Crippen LogP contribution is -2.28. The van der Waals surface area contributed by atoms with Gasteiger partial charge in [-0.05, 0) is 24.3 Å². The zero-order chi connectivity index (χ0) is 15.5. The highest BCUT2D eigenvalue weighted by atomic mass is 19.1. The van der Waals surface area contributed by atoms with Crippen molar-refractivity contribution in [1.82, 2.24) is 10.2 Å². The third-order valence-electron chi connectivity index (χ3n) is 2.72. The summed E-state index contributed by atoms with van der Waals surface area (Å²) in [6, 6.07) is 9.52. The lowest BCUT2D eigenvalue weighted by molar-refractivity contribution is -0.123. The predicted molar refractivity (Wildman–Crippen MR) is 79.8 cm³/mol. The minimum absolute atomic E-state index is 0.147. The average molecular weight is 288 g/mol. The zero-order valence-corrected chi connectivity index (χ0v) is 12.1. The largest absolute Gasteiger partial charge is 0.336 e. The predicted octanol–water partition coefficient (Wildman–Crippen LogP) is 3.34. The van der Waals surface area contributed by atoms with Crippen molar-refractivity contribution in [3.05, 3.63) is 42.2 Å². The smallest absolute Gasteiger partial charge is 0.230 e. The van der Waals surface area contributed by atoms with Crippen LogP contribution in [0.4, 0.5) is 21.7 Å². The van der Waals surface area contributed by atoms with E-state index in [-0.39, 0.29) is 11.7 Å². The molecule has 1 aromatic carbocycles. The molecule has 2 rings (SSSR count). The molecule has 0 saturated carbocycles. The molecular formula is C15H17FN4O. The molecule has 0 spiro atoms. The van der Waals surface area contributed by atoms with E-state index in [1.165, 1.54) is 6.07 Å². The number of carbonyl (C=O) groups is 1. The number of para-hydroxylation sites is 1. The number of carbonyl (C=O) groups excluding carboxylic acids is 1. The molecule has 0 aliphatic heterocycles. The number of nitrogens with zero attached hydrogens (tertiary/aromatic N) is 2. The van der Waals surface area contributed by atoms with Gasteiger partial charge in [0.1, 0.15) is 5.82 Å². The number of benzene rings is 1. The van der Waals surface area contributed by atoms with E-state index in [0.29, 0.717) is 17.3 Å². The average Bonchev–Trinajstić information content (AvgIpc) is 2.42. The molecular weight excluding hydrogens is 271 g/mol. The van der Waals surface area contributed by atoms with Gasteiger partial charge >= 0.3 is 0 Å². The molecule has 0 atom stereocenters. The number of amides is 1. The second-order valence-corrected chi connectivity index (χ2v) is 5.61. The summed E-state index contributed by atoms with van der Waals surface area (Å²) in [4.78, 5) is 11.8. The van der Waals surface area contributed by atoms with E-state index in [2.05, 4.69) is 20.8 Å². The van der Waals surface area contributed by atoms with Crippen molar-refractivity contribution in [2.75, 3.05) is 10.6 Å². The molecule has 0 aliphatic rings. The van der Waals surface area contributed by atoms with E-state index in [4.69, 9.17) is 0 Å². The normalized spacial score (nSPS) is 11.0. The van der Waals surface area contributed by atoms with Crippen molar-refractivity contribution in [3.63, 3.8) is 0 Å². The molecule has 2 N–H and O–H groups in total. The van der Waals surface area contributed by atoms with Crippen LogP contribution in [-0.2, 0) is 4.79 Å². The maximum atomic E-state index is 13.5. The molecule has 0 unspecified atom stereocenters. The summed E-state index contributed by atoms with van der Waals surface area (Å²) >= 11 is 0. The lowest BCUT2D eigenvalue weighted by Gasteiger charge is -2.16. The van der Waals surface area contributed by atoms with Crippen molar-refractivity contribution in [2.45, 2.75) is 20.8 Å². The van der Waals surface area contributed by atoms with Gasteiger partial charge in [-0.1, -0.05) is 32.9 Å². The first-order chi connectivity index (χ1) is 9.86. The Balaban J connectivity index is 2.06. The molecule has 21 heavy (non-hydrogen) atoms. The van der Waals surface area contributed by atoms with Crippen LogP contribution >= 0.6 is 0 Å². The number of anilines is 3. The number of rotatable bonds is 3. The minimum atomic E-state index is -0.508. The highest BCUT2D eigenvalue weighted by Gasteiger charge is 2.21. The van der Waals surface area contributed by atoms with Crippen LogP contribution in [0, 0.1) is 11.2 Å². The van der Waals surface area contributed by atoms with Gasteiger partial charge in [0.05, 0.1) is 5.69 Å². The molecule has 1 heterocycles. The zero-order valence-electron chi connectivity index (χ0n) is 12.1. The highest BCUT2D eigenvalue weighted by molar-refractivity contribution is 5.93. The Kier molecular flexibility index (Phi) is 4.16. The van der Waals surface area contributed by atoms with Crippen LogP contribution in [0.1, 0.15) is 20.8 Å². The molecule has 1 aromatic heterocycles. The summed E-state index contributed by atoms with van der Waals surface area (Å²) in [6.07, 6.45) is 0. The maximum absolute atomic E-state index is 13.5. The number of nitrogens with one attached hydrogen (secondary N) is 2. The number of hydrogen-bond donors (Lipinski definition) is 2. The van der Waals surface area contributed by atoms with E-state index in [9.17, 15) is 9.18 Å². The first kappa shape index (κ1) is 14.9. The second-order valence-electron chi connectivity index (χ2n) is 5.61. The Labute approximate surface area is 122 Å². The van der Waals surface area contributed by atoms with Crippen molar-refractivity contribution < 1.29 is 9.18 Å². The van der Waals surface area contributed by atoms with Gasteiger partial charge in [-0.2, -0.15) is 0 Å². The highest BCUT2D eigenvalue weighted by Crippen LogP contribution is 2.19. The molecule has 0 bridgehead atoms. The van der Waals surface area contributed by atoms with Crippen LogP contribution in [0.2, 0.25) is 0 Å². The van der Waals surface area contributed by atoms with Crippen LogP contribution in [0.3, 0.4) is 0 Å². The van der Waals surface area contributed by atoms with Gasteiger partial charge < -0.3 is 10.6 Å². The van der Waals surface area contributed by atoms with E-state index >= 15 is 0 Å². The fourth-order valence-corrected chi connectivity index (χ4v) is 1.47. The molecule has 1 amide bonds. The van der Waals surface area contributed by atoms with Gasteiger partial charge in [-0.3, -0.25) is 4.79 Å². The molecule has 6 heteroatoms. The van der Waals surface area contributed by atoms with Crippen LogP contribution in [-0.4, -0.2) is 16.1 Å². The van der Waals surface area contributed by atoms with Crippen LogP contribution < -0.4 is 10.6 Å². The minimum Gasteiger partial charge on any atom is -0.336 e. The van der Waals surface area contributed by atoms with E-state index in [1.54, 1.807) is 30.3 Å². The Morgan fingerprint density at radius 2 is 1.67 bits per heavy atom. The van der Waals surface area contributed by atoms with Crippen LogP contribution in [0.25, 0.3) is 0 Å². The van der Waals surface area contributed by atoms with Gasteiger partial charge in [0, 0.05) is 5.41 Å². The van der Waals surface area contributed by atoms with E-state index < -0.39 is 5.41 Å². The van der Waals surface area contributed by atoms with E-state index in [0.717, 1.165) is 0 Å². The summed E-state index contributed by atoms with van der Waals surface area (Å²) in [5.74, 6) is 0.235. The number of halogens is 1. The third-order valence-corrected chi connectivity index (χ3v) is 2.72. The van der Waals surface area contributed by atoms with Gasteiger partial charge in [-0.15, -0.1) is 10.2 Å². The monoisotopic (exact) mass is 288 g/mol. The Morgan fingerprint density at radius 3 is 2.24 bits per heavy atom. The van der Waals surface area contributed by atoms with Gasteiger partial charge in [0.25, 0.3) is 0 Å². The molecule has 2 aromatic rings. The second kappa shape index (κ2) is 5.87. The summed E-state index contributed by atoms with van der Waals surface area (Å²) in [6.45, 7) is 5.43. The van der Waals surface area contributed by atoms with Crippen molar-refractivity contribution in [1.29, 1.82) is 0 Å². The fourth-order valence-electron chi connectivity index (χ4n) is 1.47. The van der Waals surface area contributed by atoms with Gasteiger partial charge in [0.15, 0.2) is 11.6 Å². The number of hydrogen-bond acceptors (Lipinski definition) is 4. The Hall–Kier alpha value is -2.50. The lowest BCUT2D eigenvalue weighted by atomic mass is 9.96. The molecule has 0 saturated heterocycles. The van der Waals surface area contributed by atoms with Crippen molar-refractivity contribution in [2.24, 2.45) is 5.41 Å². The Morgan fingerprint density at radius 1 is 1.05 bits per heavy atom. The van der Waals surface area contributed by atoms with Gasteiger partial charge in [0.2, 0.25) is 5.91 Å². The molecule has 5 nitrogen and oxygen atoms in total. The van der Waals surface area contributed by atoms with Crippen LogP contribution in [0.15, 0.2) is 36.4 Å². The SMILES string of the molecule is CC(C)(C)C(=O)Nc1ccc(Nc2ccccc2F)nn1. The summed E-state index contributed by atoms with van der Waals surface area (Å²) < 4.78 is 13.5. The first-order valence-corrected chi connectivity index (χ1v) is 6.53. The molecule has 110 valence electrons. The van der Waals surface area contributed by atoms with Crippen LogP contribution in [0.5, 0.6) is 0 Å². The topological polar surface area (TPSA) is 66.9 Å². The third kappa shape index (κ3) is 3.98. The Bertz CT molecular complexity index is 635. The van der Waals surface area contributed by atoms with Crippen molar-refractivity contribution >= 4 is 23.2 Å². The van der Waals surface area contributed by atoms with E-state index in [1.807, 2.05) is 20.8 Å². The standard InChI is InChI=1S/C15H17FN4O/c1-15(2,3)14(21)18-13-9-8-12(19-20-13)17-11-7-5-4-6-10(11)16/h4-9H,1-3H3,(H,17,19)(H,18,20,21). The molecule has 0 aliphatic carbocycles. The summed E-state index contributed by atoms with van der Waals surface area (Å²) in [5, 5.41) is 13.3. The molecule has 0 fully saturated rings. The molecule has 0 radical (unpaired) electrons. The van der Waals surface area contributed by atoms with Crippen molar-refractivity contribution in [3.8, 4) is 0 Å². The summed E-state index contributed by atoms with van der Waals surface area (Å²) in [5.41, 5.74) is -0.190. The summed E-state index contributed by atoms with van der Waals surface area (Å²) in [7, 11) is 0. The first-order valence-electron chi connectivity index (χ1n) is 6.53. The maximum Gasteiger partial charge on any atom is 0.230 e. The van der Waals surface area contributed by atoms with Gasteiger partial charge in [-0.25, -0.2) is 4.39 Å². The quantitative estimate of drug-likeness (QED) is 0.909. The fraction of sp³-hybridized carbons (Fsp3) is 0.267. The number of aromatic nitrogens is 2.